The molecule has 1 aromatic rings. The second-order valence-electron chi connectivity index (χ2n) is 4.48. The molecule has 4 nitrogen and oxygen atoms in total. The maximum atomic E-state index is 12.9. The Bertz CT molecular complexity index is 484. The summed E-state index contributed by atoms with van der Waals surface area (Å²) in [6.07, 6.45) is 2.02. The van der Waals surface area contributed by atoms with Crippen molar-refractivity contribution in [1.29, 1.82) is 0 Å². The fourth-order valence-electron chi connectivity index (χ4n) is 1.64. The second kappa shape index (κ2) is 5.16. The van der Waals surface area contributed by atoms with Crippen molar-refractivity contribution in [1.82, 2.24) is 10.6 Å². The highest BCUT2D eigenvalue weighted by Crippen LogP contribution is 2.18. The number of halogens is 1. The largest absolute Gasteiger partial charge is 0.352 e. The highest BCUT2D eigenvalue weighted by Gasteiger charge is 2.23. The SMILES string of the molecule is Cc1cc(F)ccc1C(=O)NCC(=O)NC1CC1. The summed E-state index contributed by atoms with van der Waals surface area (Å²) in [5, 5.41) is 5.29. The Morgan fingerprint density at radius 1 is 1.39 bits per heavy atom. The van der Waals surface area contributed by atoms with Crippen molar-refractivity contribution in [3.05, 3.63) is 35.1 Å². The molecule has 0 aromatic heterocycles. The van der Waals surface area contributed by atoms with Gasteiger partial charge in [0.05, 0.1) is 6.54 Å². The van der Waals surface area contributed by atoms with Gasteiger partial charge in [0.1, 0.15) is 5.82 Å². The van der Waals surface area contributed by atoms with Gasteiger partial charge in [0.15, 0.2) is 0 Å². The lowest BCUT2D eigenvalue weighted by Crippen LogP contribution is -2.38. The van der Waals surface area contributed by atoms with Crippen LogP contribution in [-0.2, 0) is 4.79 Å². The van der Waals surface area contributed by atoms with E-state index in [1.54, 1.807) is 6.92 Å². The molecule has 0 spiro atoms. The molecule has 1 aromatic carbocycles. The number of hydrogen-bond donors (Lipinski definition) is 2. The third-order valence-corrected chi connectivity index (χ3v) is 2.79. The Morgan fingerprint density at radius 3 is 2.72 bits per heavy atom. The number of nitrogens with one attached hydrogen (secondary N) is 2. The van der Waals surface area contributed by atoms with E-state index in [1.165, 1.54) is 18.2 Å². The van der Waals surface area contributed by atoms with Crippen LogP contribution in [0.2, 0.25) is 0 Å². The van der Waals surface area contributed by atoms with Crippen LogP contribution in [0.4, 0.5) is 4.39 Å². The lowest BCUT2D eigenvalue weighted by molar-refractivity contribution is -0.120. The summed E-state index contributed by atoms with van der Waals surface area (Å²) in [5.41, 5.74) is 0.936. The summed E-state index contributed by atoms with van der Waals surface area (Å²) in [5.74, 6) is -0.931. The number of rotatable bonds is 4. The van der Waals surface area contributed by atoms with Crippen molar-refractivity contribution in [3.8, 4) is 0 Å². The molecule has 0 aliphatic heterocycles. The van der Waals surface area contributed by atoms with Crippen LogP contribution in [0.3, 0.4) is 0 Å². The first kappa shape index (κ1) is 12.5. The first-order valence-corrected chi connectivity index (χ1v) is 5.90. The van der Waals surface area contributed by atoms with Crippen molar-refractivity contribution in [2.45, 2.75) is 25.8 Å². The fraction of sp³-hybridized carbons (Fsp3) is 0.385. The normalized spacial score (nSPS) is 14.1. The molecule has 0 saturated heterocycles. The highest BCUT2D eigenvalue weighted by molar-refractivity contribution is 5.97. The lowest BCUT2D eigenvalue weighted by Gasteiger charge is -2.08. The molecule has 96 valence electrons. The van der Waals surface area contributed by atoms with E-state index in [0.717, 1.165) is 12.8 Å². The summed E-state index contributed by atoms with van der Waals surface area (Å²) in [6.45, 7) is 1.61. The van der Waals surface area contributed by atoms with Crippen LogP contribution >= 0.6 is 0 Å². The van der Waals surface area contributed by atoms with Crippen molar-refractivity contribution >= 4 is 11.8 Å². The molecule has 5 heteroatoms. The molecule has 1 fully saturated rings. The van der Waals surface area contributed by atoms with Crippen molar-refractivity contribution in [3.63, 3.8) is 0 Å². The van der Waals surface area contributed by atoms with Crippen molar-refractivity contribution in [2.24, 2.45) is 0 Å². The smallest absolute Gasteiger partial charge is 0.251 e. The molecule has 0 atom stereocenters. The molecule has 0 radical (unpaired) electrons. The Morgan fingerprint density at radius 2 is 2.11 bits per heavy atom. The van der Waals surface area contributed by atoms with E-state index in [2.05, 4.69) is 10.6 Å². The van der Waals surface area contributed by atoms with Crippen LogP contribution in [-0.4, -0.2) is 24.4 Å². The number of amides is 2. The summed E-state index contributed by atoms with van der Waals surface area (Å²) in [7, 11) is 0. The molecule has 1 saturated carbocycles. The van der Waals surface area contributed by atoms with Gasteiger partial charge in [0, 0.05) is 11.6 Å². The summed E-state index contributed by atoms with van der Waals surface area (Å²) >= 11 is 0. The molecular formula is C13H15FN2O2. The van der Waals surface area contributed by atoms with Crippen LogP contribution in [0.1, 0.15) is 28.8 Å². The number of aryl methyl sites for hydroxylation is 1. The summed E-state index contributed by atoms with van der Waals surface area (Å²) < 4.78 is 12.9. The van der Waals surface area contributed by atoms with Gasteiger partial charge >= 0.3 is 0 Å². The maximum Gasteiger partial charge on any atom is 0.251 e. The zero-order valence-corrected chi connectivity index (χ0v) is 10.1. The zero-order chi connectivity index (χ0) is 13.1. The van der Waals surface area contributed by atoms with E-state index in [1.807, 2.05) is 0 Å². The third kappa shape index (κ3) is 3.29. The van der Waals surface area contributed by atoms with E-state index in [9.17, 15) is 14.0 Å². The molecular weight excluding hydrogens is 235 g/mol. The van der Waals surface area contributed by atoms with Crippen LogP contribution in [0.15, 0.2) is 18.2 Å². The van der Waals surface area contributed by atoms with E-state index in [0.29, 0.717) is 11.1 Å². The predicted octanol–water partition coefficient (Wildman–Crippen LogP) is 1.14. The van der Waals surface area contributed by atoms with Crippen molar-refractivity contribution in [2.75, 3.05) is 6.54 Å². The summed E-state index contributed by atoms with van der Waals surface area (Å²) in [4.78, 5) is 23.2. The van der Waals surface area contributed by atoms with E-state index in [-0.39, 0.29) is 30.2 Å². The van der Waals surface area contributed by atoms with Gasteiger partial charge in [-0.3, -0.25) is 9.59 Å². The van der Waals surface area contributed by atoms with Crippen LogP contribution in [0, 0.1) is 12.7 Å². The Labute approximate surface area is 105 Å². The average molecular weight is 250 g/mol. The van der Waals surface area contributed by atoms with Gasteiger partial charge in [-0.25, -0.2) is 4.39 Å². The second-order valence-corrected chi connectivity index (χ2v) is 4.48. The Balaban J connectivity index is 1.88. The first-order valence-electron chi connectivity index (χ1n) is 5.90. The minimum Gasteiger partial charge on any atom is -0.352 e. The quantitative estimate of drug-likeness (QED) is 0.842. The van der Waals surface area contributed by atoms with Gasteiger partial charge in [-0.15, -0.1) is 0 Å². The molecule has 1 aliphatic carbocycles. The molecule has 0 unspecified atom stereocenters. The van der Waals surface area contributed by atoms with Crippen LogP contribution in [0.5, 0.6) is 0 Å². The van der Waals surface area contributed by atoms with Gasteiger partial charge in [-0.2, -0.15) is 0 Å². The van der Waals surface area contributed by atoms with E-state index in [4.69, 9.17) is 0 Å². The molecule has 0 bridgehead atoms. The van der Waals surface area contributed by atoms with Gasteiger partial charge in [-0.05, 0) is 43.5 Å². The predicted molar refractivity (Wildman–Crippen MR) is 64.6 cm³/mol. The number of hydrogen-bond acceptors (Lipinski definition) is 2. The van der Waals surface area contributed by atoms with E-state index >= 15 is 0 Å². The molecule has 0 heterocycles. The number of carbonyl (C=O) groups excluding carboxylic acids is 2. The maximum absolute atomic E-state index is 12.9. The Kier molecular flexibility index (Phi) is 3.60. The lowest BCUT2D eigenvalue weighted by atomic mass is 10.1. The minimum atomic E-state index is -0.379. The first-order chi connectivity index (χ1) is 8.56. The van der Waals surface area contributed by atoms with Gasteiger partial charge < -0.3 is 10.6 Å². The molecule has 2 amide bonds. The summed E-state index contributed by atoms with van der Waals surface area (Å²) in [6, 6.07) is 4.21. The highest BCUT2D eigenvalue weighted by atomic mass is 19.1. The molecule has 2 N–H and O–H groups in total. The monoisotopic (exact) mass is 250 g/mol. The third-order valence-electron chi connectivity index (χ3n) is 2.79. The molecule has 18 heavy (non-hydrogen) atoms. The minimum absolute atomic E-state index is 0.0495. The van der Waals surface area contributed by atoms with Gasteiger partial charge in [-0.1, -0.05) is 0 Å². The van der Waals surface area contributed by atoms with Crippen LogP contribution < -0.4 is 10.6 Å². The van der Waals surface area contributed by atoms with Crippen molar-refractivity contribution < 1.29 is 14.0 Å². The molecule has 2 rings (SSSR count). The van der Waals surface area contributed by atoms with E-state index < -0.39 is 0 Å². The van der Waals surface area contributed by atoms with Gasteiger partial charge in [0.25, 0.3) is 5.91 Å². The zero-order valence-electron chi connectivity index (χ0n) is 10.1. The average Bonchev–Trinajstić information content (AvgIpc) is 3.10. The Hall–Kier alpha value is -1.91. The molecule has 1 aliphatic rings. The number of carbonyl (C=O) groups is 2. The number of benzene rings is 1. The van der Waals surface area contributed by atoms with Gasteiger partial charge in [0.2, 0.25) is 5.91 Å². The van der Waals surface area contributed by atoms with Crippen LogP contribution in [0.25, 0.3) is 0 Å². The standard InChI is InChI=1S/C13H15FN2O2/c1-8-6-9(14)2-5-11(8)13(18)15-7-12(17)16-10-3-4-10/h2,5-6,10H,3-4,7H2,1H3,(H,15,18)(H,16,17). The fourth-order valence-corrected chi connectivity index (χ4v) is 1.64. The topological polar surface area (TPSA) is 58.2 Å².